The van der Waals surface area contributed by atoms with Gasteiger partial charge in [0.15, 0.2) is 0 Å². The summed E-state index contributed by atoms with van der Waals surface area (Å²) in [6.07, 6.45) is 9.90. The standard InChI is InChI=1S/C16H32N2/c1-3-5-15-6-4-12-18(13-7-15)14-16(2)8-10-17-11-9-16/h15,17H,3-14H2,1-2H3. The van der Waals surface area contributed by atoms with Gasteiger partial charge in [-0.15, -0.1) is 0 Å². The Hall–Kier alpha value is -0.0800. The van der Waals surface area contributed by atoms with Crippen molar-refractivity contribution in [1.82, 2.24) is 10.2 Å². The monoisotopic (exact) mass is 252 g/mol. The topological polar surface area (TPSA) is 15.3 Å². The summed E-state index contributed by atoms with van der Waals surface area (Å²) in [4.78, 5) is 2.76. The van der Waals surface area contributed by atoms with E-state index in [-0.39, 0.29) is 0 Å². The van der Waals surface area contributed by atoms with Gasteiger partial charge in [-0.25, -0.2) is 0 Å². The molecule has 0 radical (unpaired) electrons. The minimum absolute atomic E-state index is 0.579. The number of nitrogens with zero attached hydrogens (tertiary/aromatic N) is 1. The van der Waals surface area contributed by atoms with E-state index in [0.717, 1.165) is 5.92 Å². The van der Waals surface area contributed by atoms with Crippen LogP contribution >= 0.6 is 0 Å². The van der Waals surface area contributed by atoms with E-state index in [4.69, 9.17) is 0 Å². The normalized spacial score (nSPS) is 30.0. The van der Waals surface area contributed by atoms with Crippen LogP contribution in [0.25, 0.3) is 0 Å². The Kier molecular flexibility index (Phi) is 5.50. The van der Waals surface area contributed by atoms with Crippen molar-refractivity contribution in [2.75, 3.05) is 32.7 Å². The van der Waals surface area contributed by atoms with Crippen molar-refractivity contribution in [2.45, 2.75) is 58.8 Å². The molecule has 106 valence electrons. The molecule has 0 bridgehead atoms. The molecule has 0 aromatic rings. The SMILES string of the molecule is CCCC1CCCN(CC2(C)CCNCC2)CC1. The van der Waals surface area contributed by atoms with Crippen LogP contribution in [0.4, 0.5) is 0 Å². The second-order valence-electron chi connectivity index (χ2n) is 6.92. The van der Waals surface area contributed by atoms with Gasteiger partial charge in [-0.05, 0) is 69.6 Å². The van der Waals surface area contributed by atoms with Crippen molar-refractivity contribution in [2.24, 2.45) is 11.3 Å². The highest BCUT2D eigenvalue weighted by atomic mass is 15.1. The van der Waals surface area contributed by atoms with E-state index in [2.05, 4.69) is 24.1 Å². The van der Waals surface area contributed by atoms with Crippen LogP contribution in [0.3, 0.4) is 0 Å². The van der Waals surface area contributed by atoms with E-state index >= 15 is 0 Å². The molecule has 2 fully saturated rings. The molecule has 2 rings (SSSR count). The molecule has 1 atom stereocenters. The third-order valence-corrected chi connectivity index (χ3v) is 5.05. The second kappa shape index (κ2) is 6.91. The van der Waals surface area contributed by atoms with Gasteiger partial charge in [0.05, 0.1) is 0 Å². The number of rotatable bonds is 4. The molecule has 0 aromatic carbocycles. The van der Waals surface area contributed by atoms with Crippen molar-refractivity contribution in [3.63, 3.8) is 0 Å². The first-order valence-corrected chi connectivity index (χ1v) is 8.15. The van der Waals surface area contributed by atoms with Gasteiger partial charge < -0.3 is 10.2 Å². The molecular formula is C16H32N2. The summed E-state index contributed by atoms with van der Waals surface area (Å²) >= 11 is 0. The summed E-state index contributed by atoms with van der Waals surface area (Å²) in [6, 6.07) is 0. The third kappa shape index (κ3) is 4.24. The Bertz CT molecular complexity index is 233. The molecule has 2 nitrogen and oxygen atoms in total. The van der Waals surface area contributed by atoms with E-state index in [1.165, 1.54) is 77.7 Å². The molecule has 0 spiro atoms. The fourth-order valence-electron chi connectivity index (χ4n) is 3.81. The van der Waals surface area contributed by atoms with Gasteiger partial charge in [-0.2, -0.15) is 0 Å². The summed E-state index contributed by atoms with van der Waals surface area (Å²) in [5.41, 5.74) is 0.579. The number of piperidine rings is 1. The average Bonchev–Trinajstić information content (AvgIpc) is 2.56. The van der Waals surface area contributed by atoms with Crippen LogP contribution in [0.1, 0.15) is 58.8 Å². The summed E-state index contributed by atoms with van der Waals surface area (Å²) in [5.74, 6) is 1.01. The zero-order valence-electron chi connectivity index (χ0n) is 12.5. The van der Waals surface area contributed by atoms with Gasteiger partial charge in [0.1, 0.15) is 0 Å². The van der Waals surface area contributed by atoms with Gasteiger partial charge in [-0.3, -0.25) is 0 Å². The van der Waals surface area contributed by atoms with Crippen LogP contribution < -0.4 is 5.32 Å². The largest absolute Gasteiger partial charge is 0.317 e. The van der Waals surface area contributed by atoms with Crippen LogP contribution in [0.15, 0.2) is 0 Å². The zero-order valence-corrected chi connectivity index (χ0v) is 12.5. The van der Waals surface area contributed by atoms with Crippen LogP contribution in [0.2, 0.25) is 0 Å². The van der Waals surface area contributed by atoms with E-state index in [1.54, 1.807) is 0 Å². The van der Waals surface area contributed by atoms with Gasteiger partial charge in [0.2, 0.25) is 0 Å². The first-order valence-electron chi connectivity index (χ1n) is 8.15. The highest BCUT2D eigenvalue weighted by Gasteiger charge is 2.29. The molecule has 0 amide bonds. The van der Waals surface area contributed by atoms with E-state index in [0.29, 0.717) is 5.41 Å². The molecule has 0 aliphatic carbocycles. The Morgan fingerprint density at radius 1 is 1.17 bits per heavy atom. The lowest BCUT2D eigenvalue weighted by molar-refractivity contribution is 0.130. The van der Waals surface area contributed by atoms with Gasteiger partial charge in [-0.1, -0.05) is 26.7 Å². The highest BCUT2D eigenvalue weighted by Crippen LogP contribution is 2.30. The molecule has 1 unspecified atom stereocenters. The Morgan fingerprint density at radius 3 is 2.67 bits per heavy atom. The average molecular weight is 252 g/mol. The lowest BCUT2D eigenvalue weighted by Crippen LogP contribution is -2.43. The van der Waals surface area contributed by atoms with Crippen LogP contribution in [0, 0.1) is 11.3 Å². The van der Waals surface area contributed by atoms with E-state index in [1.807, 2.05) is 0 Å². The predicted octanol–water partition coefficient (Wildman–Crippen LogP) is 3.28. The van der Waals surface area contributed by atoms with Crippen LogP contribution in [-0.4, -0.2) is 37.6 Å². The molecule has 2 aliphatic heterocycles. The molecule has 2 aliphatic rings. The molecule has 2 saturated heterocycles. The Balaban J connectivity index is 1.79. The van der Waals surface area contributed by atoms with Crippen molar-refractivity contribution in [1.29, 1.82) is 0 Å². The Morgan fingerprint density at radius 2 is 1.94 bits per heavy atom. The second-order valence-corrected chi connectivity index (χ2v) is 6.92. The van der Waals surface area contributed by atoms with E-state index < -0.39 is 0 Å². The summed E-state index contributed by atoms with van der Waals surface area (Å²) < 4.78 is 0. The number of hydrogen-bond acceptors (Lipinski definition) is 2. The molecule has 2 heterocycles. The molecular weight excluding hydrogens is 220 g/mol. The molecule has 18 heavy (non-hydrogen) atoms. The predicted molar refractivity (Wildman–Crippen MR) is 78.9 cm³/mol. The quantitative estimate of drug-likeness (QED) is 0.826. The first kappa shape index (κ1) is 14.3. The van der Waals surface area contributed by atoms with E-state index in [9.17, 15) is 0 Å². The van der Waals surface area contributed by atoms with Crippen LogP contribution in [0.5, 0.6) is 0 Å². The lowest BCUT2D eigenvalue weighted by atomic mass is 9.80. The van der Waals surface area contributed by atoms with Gasteiger partial charge in [0, 0.05) is 6.54 Å². The fraction of sp³-hybridized carbons (Fsp3) is 1.00. The summed E-state index contributed by atoms with van der Waals surface area (Å²) in [5, 5.41) is 3.49. The van der Waals surface area contributed by atoms with Crippen molar-refractivity contribution in [3.8, 4) is 0 Å². The fourth-order valence-corrected chi connectivity index (χ4v) is 3.81. The minimum Gasteiger partial charge on any atom is -0.317 e. The van der Waals surface area contributed by atoms with Gasteiger partial charge in [0.25, 0.3) is 0 Å². The maximum absolute atomic E-state index is 3.49. The first-order chi connectivity index (χ1) is 8.72. The Labute approximate surface area is 114 Å². The molecule has 0 aromatic heterocycles. The van der Waals surface area contributed by atoms with Crippen LogP contribution in [-0.2, 0) is 0 Å². The number of likely N-dealkylation sites (tertiary alicyclic amines) is 1. The molecule has 0 saturated carbocycles. The summed E-state index contributed by atoms with van der Waals surface area (Å²) in [6.45, 7) is 11.3. The van der Waals surface area contributed by atoms with Crippen molar-refractivity contribution >= 4 is 0 Å². The molecule has 2 heteroatoms. The molecule has 1 N–H and O–H groups in total. The maximum Gasteiger partial charge on any atom is 0.00363 e. The van der Waals surface area contributed by atoms with Crippen molar-refractivity contribution in [3.05, 3.63) is 0 Å². The highest BCUT2D eigenvalue weighted by molar-refractivity contribution is 4.84. The summed E-state index contributed by atoms with van der Waals surface area (Å²) in [7, 11) is 0. The maximum atomic E-state index is 3.49. The van der Waals surface area contributed by atoms with Gasteiger partial charge >= 0.3 is 0 Å². The minimum atomic E-state index is 0.579. The van der Waals surface area contributed by atoms with Crippen molar-refractivity contribution < 1.29 is 0 Å². The number of hydrogen-bond donors (Lipinski definition) is 1. The number of nitrogens with one attached hydrogen (secondary N) is 1. The third-order valence-electron chi connectivity index (χ3n) is 5.05. The lowest BCUT2D eigenvalue weighted by Gasteiger charge is -2.38. The smallest absolute Gasteiger partial charge is 0.00363 e. The zero-order chi connectivity index (χ0) is 12.8.